The number of esters is 1. The Bertz CT molecular complexity index is 1260. The van der Waals surface area contributed by atoms with Crippen LogP contribution in [0.2, 0.25) is 0 Å². The van der Waals surface area contributed by atoms with Gasteiger partial charge >= 0.3 is 11.9 Å². The third-order valence-electron chi connectivity index (χ3n) is 4.35. The zero-order chi connectivity index (χ0) is 22.5. The Labute approximate surface area is 181 Å². The Morgan fingerprint density at radius 2 is 1.72 bits per heavy atom. The van der Waals surface area contributed by atoms with Crippen molar-refractivity contribution in [2.24, 2.45) is 0 Å². The molecule has 0 aliphatic carbocycles. The van der Waals surface area contributed by atoms with Crippen LogP contribution in [0.4, 0.5) is 11.7 Å². The van der Waals surface area contributed by atoms with Crippen molar-refractivity contribution in [2.45, 2.75) is 0 Å². The summed E-state index contributed by atoms with van der Waals surface area (Å²) < 4.78 is 11.2. The van der Waals surface area contributed by atoms with Gasteiger partial charge in [-0.1, -0.05) is 48.5 Å². The average molecular weight is 432 g/mol. The normalized spacial score (nSPS) is 10.5. The van der Waals surface area contributed by atoms with Gasteiger partial charge in [-0.25, -0.2) is 9.48 Å². The number of nitrogens with zero attached hydrogens (tertiary/aromatic N) is 3. The van der Waals surface area contributed by atoms with Crippen molar-refractivity contribution in [1.82, 2.24) is 9.78 Å². The van der Waals surface area contributed by atoms with Gasteiger partial charge in [-0.2, -0.15) is 5.10 Å². The summed E-state index contributed by atoms with van der Waals surface area (Å²) >= 11 is 0. The maximum absolute atomic E-state index is 12.4. The van der Waals surface area contributed by atoms with Crippen LogP contribution >= 0.6 is 0 Å². The largest absolute Gasteiger partial charge is 0.450 e. The number of rotatable bonds is 7. The van der Waals surface area contributed by atoms with E-state index in [4.69, 9.17) is 9.15 Å². The molecule has 0 fully saturated rings. The Kier molecular flexibility index (Phi) is 5.75. The quantitative estimate of drug-likeness (QED) is 0.267. The lowest BCUT2D eigenvalue weighted by molar-refractivity contribution is -0.402. The maximum atomic E-state index is 12.4. The highest BCUT2D eigenvalue weighted by molar-refractivity contribution is 5.94. The van der Waals surface area contributed by atoms with E-state index in [0.717, 1.165) is 23.4 Å². The van der Waals surface area contributed by atoms with Gasteiger partial charge in [0.05, 0.1) is 17.4 Å². The van der Waals surface area contributed by atoms with Gasteiger partial charge in [-0.3, -0.25) is 14.9 Å². The summed E-state index contributed by atoms with van der Waals surface area (Å²) in [4.78, 5) is 34.3. The number of nitro groups is 1. The van der Waals surface area contributed by atoms with Crippen LogP contribution in [0.1, 0.15) is 10.6 Å². The zero-order valence-corrected chi connectivity index (χ0v) is 16.5. The molecule has 10 nitrogen and oxygen atoms in total. The van der Waals surface area contributed by atoms with Crippen LogP contribution in [0.5, 0.6) is 0 Å². The van der Waals surface area contributed by atoms with E-state index < -0.39 is 29.3 Å². The van der Waals surface area contributed by atoms with Gasteiger partial charge in [0, 0.05) is 11.6 Å². The van der Waals surface area contributed by atoms with Crippen molar-refractivity contribution in [3.63, 3.8) is 0 Å². The summed E-state index contributed by atoms with van der Waals surface area (Å²) in [6.45, 7) is -0.617. The summed E-state index contributed by atoms with van der Waals surface area (Å²) in [5.74, 6) is -2.19. The lowest BCUT2D eigenvalue weighted by Crippen LogP contribution is -2.22. The highest BCUT2D eigenvalue weighted by Gasteiger charge is 2.20. The molecule has 4 aromatic rings. The van der Waals surface area contributed by atoms with E-state index in [1.54, 1.807) is 10.7 Å². The first-order valence-electron chi connectivity index (χ1n) is 9.43. The van der Waals surface area contributed by atoms with Crippen LogP contribution < -0.4 is 5.32 Å². The minimum atomic E-state index is -0.991. The number of hydrogen-bond acceptors (Lipinski definition) is 7. The van der Waals surface area contributed by atoms with E-state index in [1.807, 2.05) is 60.7 Å². The second kappa shape index (κ2) is 8.96. The number of hydrogen-bond donors (Lipinski definition) is 1. The van der Waals surface area contributed by atoms with E-state index in [0.29, 0.717) is 11.5 Å². The van der Waals surface area contributed by atoms with Gasteiger partial charge in [0.1, 0.15) is 10.7 Å². The number of carbonyl (C=O) groups excluding carboxylic acids is 2. The van der Waals surface area contributed by atoms with Crippen LogP contribution in [0, 0.1) is 10.1 Å². The molecular weight excluding hydrogens is 416 g/mol. The van der Waals surface area contributed by atoms with Gasteiger partial charge in [0.2, 0.25) is 5.76 Å². The van der Waals surface area contributed by atoms with Crippen molar-refractivity contribution < 1.29 is 23.7 Å². The molecule has 2 aromatic carbocycles. The Morgan fingerprint density at radius 3 is 2.38 bits per heavy atom. The van der Waals surface area contributed by atoms with E-state index in [2.05, 4.69) is 10.4 Å². The summed E-state index contributed by atoms with van der Waals surface area (Å²) in [6.07, 6.45) is 0. The van der Waals surface area contributed by atoms with Crippen molar-refractivity contribution in [1.29, 1.82) is 0 Å². The molecule has 10 heteroatoms. The smallest absolute Gasteiger partial charge is 0.433 e. The van der Waals surface area contributed by atoms with Crippen LogP contribution in [0.25, 0.3) is 16.9 Å². The number of furan rings is 1. The minimum Gasteiger partial charge on any atom is -0.450 e. The van der Waals surface area contributed by atoms with E-state index in [1.165, 1.54) is 0 Å². The average Bonchev–Trinajstić information content (AvgIpc) is 3.47. The first kappa shape index (κ1) is 20.5. The van der Waals surface area contributed by atoms with Crippen molar-refractivity contribution in [2.75, 3.05) is 11.9 Å². The molecule has 160 valence electrons. The van der Waals surface area contributed by atoms with E-state index in [9.17, 15) is 19.7 Å². The van der Waals surface area contributed by atoms with Gasteiger partial charge in [0.25, 0.3) is 5.91 Å². The highest BCUT2D eigenvalue weighted by Crippen LogP contribution is 2.24. The second-order valence-electron chi connectivity index (χ2n) is 6.55. The minimum absolute atomic E-state index is 0.370. The van der Waals surface area contributed by atoms with Crippen LogP contribution in [-0.4, -0.2) is 33.2 Å². The first-order chi connectivity index (χ1) is 15.5. The molecule has 0 aliphatic rings. The standard InChI is InChI=1S/C22H16N4O6/c27-20(14-31-22(28)18-11-12-21(32-18)26(29)30)23-19-13-17(15-7-3-1-4-8-15)24-25(19)16-9-5-2-6-10-16/h1-13H,14H2,(H,23,27). The molecule has 4 rings (SSSR count). The summed E-state index contributed by atoms with van der Waals surface area (Å²) in [6, 6.07) is 22.5. The van der Waals surface area contributed by atoms with E-state index in [-0.39, 0.29) is 5.76 Å². The molecule has 0 unspecified atom stereocenters. The Morgan fingerprint density at radius 1 is 1.03 bits per heavy atom. The zero-order valence-electron chi connectivity index (χ0n) is 16.5. The fourth-order valence-corrected chi connectivity index (χ4v) is 2.90. The molecule has 1 N–H and O–H groups in total. The molecular formula is C22H16N4O6. The maximum Gasteiger partial charge on any atom is 0.433 e. The lowest BCUT2D eigenvalue weighted by Gasteiger charge is -2.09. The second-order valence-corrected chi connectivity index (χ2v) is 6.55. The Balaban J connectivity index is 1.50. The predicted molar refractivity (Wildman–Crippen MR) is 113 cm³/mol. The molecule has 1 amide bonds. The van der Waals surface area contributed by atoms with E-state index >= 15 is 0 Å². The fraction of sp³-hybridized carbons (Fsp3) is 0.0455. The summed E-state index contributed by atoms with van der Waals surface area (Å²) in [5, 5.41) is 17.9. The Hall–Kier alpha value is -4.73. The topological polar surface area (TPSA) is 130 Å². The van der Waals surface area contributed by atoms with Crippen LogP contribution in [-0.2, 0) is 9.53 Å². The first-order valence-corrected chi connectivity index (χ1v) is 9.43. The van der Waals surface area contributed by atoms with Gasteiger partial charge < -0.3 is 14.5 Å². The van der Waals surface area contributed by atoms with Crippen LogP contribution in [0.15, 0.2) is 83.3 Å². The number of para-hydroxylation sites is 1. The number of amides is 1. The van der Waals surface area contributed by atoms with Crippen molar-refractivity contribution in [3.05, 3.63) is 94.7 Å². The van der Waals surface area contributed by atoms with Crippen molar-refractivity contribution in [3.8, 4) is 16.9 Å². The van der Waals surface area contributed by atoms with Crippen molar-refractivity contribution >= 4 is 23.6 Å². The fourth-order valence-electron chi connectivity index (χ4n) is 2.90. The third-order valence-corrected chi connectivity index (χ3v) is 4.35. The molecule has 0 radical (unpaired) electrons. The number of aromatic nitrogens is 2. The third kappa shape index (κ3) is 4.54. The lowest BCUT2D eigenvalue weighted by atomic mass is 10.2. The summed E-state index contributed by atoms with van der Waals surface area (Å²) in [5.41, 5.74) is 2.23. The molecule has 0 saturated carbocycles. The van der Waals surface area contributed by atoms with Gasteiger partial charge in [0.15, 0.2) is 6.61 Å². The SMILES string of the molecule is O=C(COC(=O)c1ccc([N+](=O)[O-])o1)Nc1cc(-c2ccccc2)nn1-c1ccccc1. The highest BCUT2D eigenvalue weighted by atomic mass is 16.7. The molecule has 0 atom stereocenters. The van der Waals surface area contributed by atoms with Gasteiger partial charge in [-0.15, -0.1) is 0 Å². The number of benzene rings is 2. The number of carbonyl (C=O) groups is 2. The number of nitrogens with one attached hydrogen (secondary N) is 1. The monoisotopic (exact) mass is 432 g/mol. The summed E-state index contributed by atoms with van der Waals surface area (Å²) in [7, 11) is 0. The van der Waals surface area contributed by atoms with Gasteiger partial charge in [-0.05, 0) is 18.2 Å². The molecule has 0 spiro atoms. The molecule has 2 heterocycles. The number of anilines is 1. The molecule has 2 aromatic heterocycles. The number of ether oxygens (including phenoxy) is 1. The molecule has 32 heavy (non-hydrogen) atoms. The molecule has 0 bridgehead atoms. The predicted octanol–water partition coefficient (Wildman–Crippen LogP) is 3.84. The molecule has 0 aliphatic heterocycles. The molecule has 0 saturated heterocycles. The van der Waals surface area contributed by atoms with Crippen LogP contribution in [0.3, 0.4) is 0 Å².